The van der Waals surface area contributed by atoms with E-state index in [2.05, 4.69) is 15.5 Å². The third-order valence-electron chi connectivity index (χ3n) is 2.74. The molecule has 1 aromatic heterocycles. The van der Waals surface area contributed by atoms with Crippen LogP contribution in [0.3, 0.4) is 0 Å². The van der Waals surface area contributed by atoms with Gasteiger partial charge in [0.25, 0.3) is 5.69 Å². The highest BCUT2D eigenvalue weighted by molar-refractivity contribution is 5.59. The molecule has 0 unspecified atom stereocenters. The topological polar surface area (TPSA) is 94.1 Å². The second-order valence-electron chi connectivity index (χ2n) is 4.11. The van der Waals surface area contributed by atoms with Crippen molar-refractivity contribution in [3.8, 4) is 0 Å². The van der Waals surface area contributed by atoms with Crippen LogP contribution >= 0.6 is 0 Å². The van der Waals surface area contributed by atoms with Crippen molar-refractivity contribution in [2.75, 3.05) is 11.9 Å². The summed E-state index contributed by atoms with van der Waals surface area (Å²) >= 11 is 0. The monoisotopic (exact) mass is 262 g/mol. The largest absolute Gasteiger partial charge is 0.384 e. The first kappa shape index (κ1) is 13.0. The van der Waals surface area contributed by atoms with Crippen LogP contribution in [0.15, 0.2) is 22.7 Å². The van der Waals surface area contributed by atoms with Crippen molar-refractivity contribution in [3.05, 3.63) is 45.6 Å². The van der Waals surface area contributed by atoms with Gasteiger partial charge in [-0.1, -0.05) is 11.2 Å². The third-order valence-corrected chi connectivity index (χ3v) is 2.74. The van der Waals surface area contributed by atoms with E-state index in [0.29, 0.717) is 30.2 Å². The Balaban J connectivity index is 2.00. The molecule has 100 valence electrons. The van der Waals surface area contributed by atoms with E-state index in [1.165, 1.54) is 6.07 Å². The molecule has 0 bridgehead atoms. The first-order valence-electron chi connectivity index (χ1n) is 5.85. The minimum Gasteiger partial charge on any atom is -0.384 e. The van der Waals surface area contributed by atoms with Gasteiger partial charge in [-0.05, 0) is 13.0 Å². The number of nitro benzene ring substituents is 1. The maximum atomic E-state index is 10.8. The minimum absolute atomic E-state index is 0.111. The summed E-state index contributed by atoms with van der Waals surface area (Å²) in [5, 5.41) is 17.7. The predicted molar refractivity (Wildman–Crippen MR) is 69.1 cm³/mol. The number of nitrogens with zero attached hydrogens (tertiary/aromatic N) is 3. The van der Waals surface area contributed by atoms with Crippen LogP contribution in [0.25, 0.3) is 0 Å². The number of hydrogen-bond acceptors (Lipinski definition) is 6. The lowest BCUT2D eigenvalue weighted by Gasteiger charge is -2.08. The molecule has 0 radical (unpaired) electrons. The highest BCUT2D eigenvalue weighted by Crippen LogP contribution is 2.24. The van der Waals surface area contributed by atoms with Crippen LogP contribution in [0, 0.1) is 24.0 Å². The van der Waals surface area contributed by atoms with Gasteiger partial charge in [0, 0.05) is 37.2 Å². The zero-order chi connectivity index (χ0) is 13.8. The molecule has 1 aromatic carbocycles. The first-order chi connectivity index (χ1) is 9.08. The molecule has 0 aliphatic rings. The molecule has 0 aliphatic heterocycles. The number of aromatic nitrogens is 2. The fraction of sp³-hybridized carbons (Fsp3) is 0.333. The summed E-state index contributed by atoms with van der Waals surface area (Å²) in [5.41, 5.74) is 1.48. The lowest BCUT2D eigenvalue weighted by atomic mass is 10.1. The third kappa shape index (κ3) is 3.06. The van der Waals surface area contributed by atoms with Gasteiger partial charge in [0.15, 0.2) is 5.82 Å². The maximum absolute atomic E-state index is 10.8. The smallest absolute Gasteiger partial charge is 0.274 e. The van der Waals surface area contributed by atoms with Crippen molar-refractivity contribution < 1.29 is 9.45 Å². The average Bonchev–Trinajstić information content (AvgIpc) is 2.77. The number of benzene rings is 1. The second-order valence-corrected chi connectivity index (χ2v) is 4.11. The van der Waals surface area contributed by atoms with Crippen LogP contribution in [0.1, 0.15) is 17.3 Å². The molecule has 0 saturated carbocycles. The molecule has 2 rings (SSSR count). The van der Waals surface area contributed by atoms with Gasteiger partial charge in [-0.25, -0.2) is 0 Å². The number of anilines is 1. The molecule has 2 aromatic rings. The van der Waals surface area contributed by atoms with Crippen LogP contribution < -0.4 is 5.32 Å². The van der Waals surface area contributed by atoms with Crippen molar-refractivity contribution >= 4 is 11.4 Å². The maximum Gasteiger partial charge on any atom is 0.274 e. The van der Waals surface area contributed by atoms with Gasteiger partial charge < -0.3 is 9.84 Å². The Morgan fingerprint density at radius 3 is 2.84 bits per heavy atom. The molecule has 19 heavy (non-hydrogen) atoms. The Morgan fingerprint density at radius 1 is 1.42 bits per heavy atom. The van der Waals surface area contributed by atoms with Crippen LogP contribution in [0.5, 0.6) is 0 Å². The summed E-state index contributed by atoms with van der Waals surface area (Å²) < 4.78 is 4.86. The normalized spacial score (nSPS) is 10.4. The summed E-state index contributed by atoms with van der Waals surface area (Å²) in [6, 6.07) is 4.96. The van der Waals surface area contributed by atoms with Crippen LogP contribution in [-0.2, 0) is 6.42 Å². The standard InChI is InChI=1S/C12H14N4O3/c1-8-10(4-3-5-11(8)16(17)18)13-7-6-12-14-9(2)19-15-12/h3-5,13H,6-7H2,1-2H3. The molecule has 0 fully saturated rings. The zero-order valence-corrected chi connectivity index (χ0v) is 10.7. The first-order valence-corrected chi connectivity index (χ1v) is 5.85. The molecular weight excluding hydrogens is 248 g/mol. The molecular formula is C12H14N4O3. The van der Waals surface area contributed by atoms with Gasteiger partial charge >= 0.3 is 0 Å². The molecule has 1 N–H and O–H groups in total. The summed E-state index contributed by atoms with van der Waals surface area (Å²) in [7, 11) is 0. The summed E-state index contributed by atoms with van der Waals surface area (Å²) in [5.74, 6) is 1.15. The summed E-state index contributed by atoms with van der Waals surface area (Å²) in [4.78, 5) is 14.5. The van der Waals surface area contributed by atoms with Crippen molar-refractivity contribution in [2.24, 2.45) is 0 Å². The fourth-order valence-corrected chi connectivity index (χ4v) is 1.76. The zero-order valence-electron chi connectivity index (χ0n) is 10.7. The van der Waals surface area contributed by atoms with E-state index in [1.54, 1.807) is 19.9 Å². The number of nitro groups is 1. The van der Waals surface area contributed by atoms with Gasteiger partial charge in [-0.2, -0.15) is 4.98 Å². The van der Waals surface area contributed by atoms with Gasteiger partial charge in [0.1, 0.15) is 0 Å². The molecule has 0 amide bonds. The fourth-order valence-electron chi connectivity index (χ4n) is 1.76. The van der Waals surface area contributed by atoms with Gasteiger partial charge in [-0.3, -0.25) is 10.1 Å². The van der Waals surface area contributed by atoms with Crippen molar-refractivity contribution in [1.82, 2.24) is 10.1 Å². The quantitative estimate of drug-likeness (QED) is 0.656. The van der Waals surface area contributed by atoms with Gasteiger partial charge in [-0.15, -0.1) is 0 Å². The Kier molecular flexibility index (Phi) is 3.74. The highest BCUT2D eigenvalue weighted by Gasteiger charge is 2.12. The second kappa shape index (κ2) is 5.47. The van der Waals surface area contributed by atoms with E-state index < -0.39 is 0 Å². The van der Waals surface area contributed by atoms with Crippen molar-refractivity contribution in [3.63, 3.8) is 0 Å². The number of rotatable bonds is 5. The molecule has 0 aliphatic carbocycles. The van der Waals surface area contributed by atoms with Gasteiger partial charge in [0.05, 0.1) is 4.92 Å². The molecule has 1 heterocycles. The Bertz CT molecular complexity index is 594. The van der Waals surface area contributed by atoms with E-state index >= 15 is 0 Å². The minimum atomic E-state index is -0.386. The van der Waals surface area contributed by atoms with Crippen LogP contribution in [0.4, 0.5) is 11.4 Å². The van der Waals surface area contributed by atoms with E-state index in [0.717, 1.165) is 5.69 Å². The van der Waals surface area contributed by atoms with Gasteiger partial charge in [0.2, 0.25) is 5.89 Å². The molecule has 7 heteroatoms. The number of hydrogen-bond donors (Lipinski definition) is 1. The van der Waals surface area contributed by atoms with Crippen LogP contribution in [-0.4, -0.2) is 21.6 Å². The van der Waals surface area contributed by atoms with Crippen molar-refractivity contribution in [1.29, 1.82) is 0 Å². The Labute approximate surface area is 109 Å². The Hall–Kier alpha value is -2.44. The van der Waals surface area contributed by atoms with E-state index in [-0.39, 0.29) is 10.6 Å². The number of aryl methyl sites for hydroxylation is 1. The van der Waals surface area contributed by atoms with E-state index in [1.807, 2.05) is 6.07 Å². The highest BCUT2D eigenvalue weighted by atomic mass is 16.6. The molecule has 0 saturated heterocycles. The van der Waals surface area contributed by atoms with Crippen LogP contribution in [0.2, 0.25) is 0 Å². The molecule has 0 spiro atoms. The van der Waals surface area contributed by atoms with Crippen molar-refractivity contribution in [2.45, 2.75) is 20.3 Å². The average molecular weight is 262 g/mol. The molecule has 7 nitrogen and oxygen atoms in total. The van der Waals surface area contributed by atoms with E-state index in [4.69, 9.17) is 4.52 Å². The number of nitrogens with one attached hydrogen (secondary N) is 1. The molecule has 0 atom stereocenters. The lowest BCUT2D eigenvalue weighted by Crippen LogP contribution is -2.07. The SMILES string of the molecule is Cc1nc(CCNc2cccc([N+](=O)[O-])c2C)no1. The summed E-state index contributed by atoms with van der Waals surface area (Å²) in [6.45, 7) is 4.04. The van der Waals surface area contributed by atoms with E-state index in [9.17, 15) is 10.1 Å². The summed E-state index contributed by atoms with van der Waals surface area (Å²) in [6.07, 6.45) is 0.597. The lowest BCUT2D eigenvalue weighted by molar-refractivity contribution is -0.385. The Morgan fingerprint density at radius 2 is 2.21 bits per heavy atom. The predicted octanol–water partition coefficient (Wildman–Crippen LogP) is 2.25.